The first-order valence-electron chi connectivity index (χ1n) is 6.07. The molecular weight excluding hydrogens is 272 g/mol. The quantitative estimate of drug-likeness (QED) is 0.845. The minimum absolute atomic E-state index is 0.192. The van der Waals surface area contributed by atoms with Crippen LogP contribution in [0.25, 0.3) is 0 Å². The fraction of sp³-hybridized carbons (Fsp3) is 0.200. The van der Waals surface area contributed by atoms with E-state index in [0.29, 0.717) is 17.7 Å². The van der Waals surface area contributed by atoms with Gasteiger partial charge < -0.3 is 10.4 Å². The van der Waals surface area contributed by atoms with Gasteiger partial charge in [0.15, 0.2) is 0 Å². The van der Waals surface area contributed by atoms with Crippen LogP contribution >= 0.6 is 11.3 Å². The normalized spacial score (nSPS) is 9.70. The van der Waals surface area contributed by atoms with Crippen LogP contribution in [0.4, 0.5) is 0 Å². The van der Waals surface area contributed by atoms with Crippen LogP contribution in [0.15, 0.2) is 29.9 Å². The molecule has 0 aromatic carbocycles. The van der Waals surface area contributed by atoms with Gasteiger partial charge in [-0.3, -0.25) is 9.78 Å². The highest BCUT2D eigenvalue weighted by Gasteiger charge is 2.10. The van der Waals surface area contributed by atoms with Gasteiger partial charge in [0.05, 0.1) is 17.7 Å². The Morgan fingerprint density at radius 1 is 1.50 bits per heavy atom. The Morgan fingerprint density at radius 2 is 2.35 bits per heavy atom. The van der Waals surface area contributed by atoms with Crippen LogP contribution < -0.4 is 5.32 Å². The van der Waals surface area contributed by atoms with Gasteiger partial charge in [0.25, 0.3) is 5.91 Å². The lowest BCUT2D eigenvalue weighted by Gasteiger charge is -2.06. The average Bonchev–Trinajstić information content (AvgIpc) is 2.88. The van der Waals surface area contributed by atoms with Gasteiger partial charge in [0, 0.05) is 17.3 Å². The third-order valence-electron chi connectivity index (χ3n) is 2.75. The van der Waals surface area contributed by atoms with Crippen molar-refractivity contribution in [2.24, 2.45) is 0 Å². The molecule has 1 amide bonds. The second-order valence-corrected chi connectivity index (χ2v) is 5.09. The first-order chi connectivity index (χ1) is 9.72. The van der Waals surface area contributed by atoms with E-state index in [0.717, 1.165) is 4.88 Å². The zero-order chi connectivity index (χ0) is 14.4. The van der Waals surface area contributed by atoms with Gasteiger partial charge in [-0.2, -0.15) is 0 Å². The summed E-state index contributed by atoms with van der Waals surface area (Å²) >= 11 is 1.62. The smallest absolute Gasteiger partial charge is 0.252 e. The molecule has 0 atom stereocenters. The van der Waals surface area contributed by atoms with E-state index in [2.05, 4.69) is 22.1 Å². The summed E-state index contributed by atoms with van der Waals surface area (Å²) in [7, 11) is 0. The van der Waals surface area contributed by atoms with E-state index in [9.17, 15) is 4.79 Å². The summed E-state index contributed by atoms with van der Waals surface area (Å²) < 4.78 is 0. The summed E-state index contributed by atoms with van der Waals surface area (Å²) in [5.41, 5.74) is 2.16. The van der Waals surface area contributed by atoms with Crippen molar-refractivity contribution < 1.29 is 9.90 Å². The van der Waals surface area contributed by atoms with Gasteiger partial charge >= 0.3 is 0 Å². The van der Waals surface area contributed by atoms with E-state index in [1.165, 1.54) is 11.8 Å². The molecule has 0 aliphatic carbocycles. The lowest BCUT2D eigenvalue weighted by molar-refractivity contribution is 0.0951. The van der Waals surface area contributed by atoms with E-state index in [1.807, 2.05) is 18.4 Å². The summed E-state index contributed by atoms with van der Waals surface area (Å²) in [5.74, 6) is 5.06. The second kappa shape index (κ2) is 6.85. The van der Waals surface area contributed by atoms with Gasteiger partial charge in [-0.25, -0.2) is 0 Å². The van der Waals surface area contributed by atoms with Crippen LogP contribution in [0, 0.1) is 18.8 Å². The number of aryl methyl sites for hydroxylation is 1. The number of aliphatic hydroxyl groups excluding tert-OH is 1. The van der Waals surface area contributed by atoms with E-state index < -0.39 is 0 Å². The number of carbonyl (C=O) groups is 1. The molecule has 0 spiro atoms. The molecule has 2 N–H and O–H groups in total. The zero-order valence-corrected chi connectivity index (χ0v) is 11.8. The van der Waals surface area contributed by atoms with Crippen LogP contribution in [0.5, 0.6) is 0 Å². The zero-order valence-electron chi connectivity index (χ0n) is 11.0. The largest absolute Gasteiger partial charge is 0.384 e. The SMILES string of the molecule is Cc1ccsc1CNC(=O)c1ccncc1C#CCO. The highest BCUT2D eigenvalue weighted by Crippen LogP contribution is 2.15. The van der Waals surface area contributed by atoms with Crippen molar-refractivity contribution in [2.45, 2.75) is 13.5 Å². The van der Waals surface area contributed by atoms with Gasteiger partial charge in [0.1, 0.15) is 6.61 Å². The van der Waals surface area contributed by atoms with Crippen molar-refractivity contribution in [1.29, 1.82) is 0 Å². The molecule has 0 saturated carbocycles. The lowest BCUT2D eigenvalue weighted by atomic mass is 10.1. The summed E-state index contributed by atoms with van der Waals surface area (Å²) in [5, 5.41) is 13.6. The third-order valence-corrected chi connectivity index (χ3v) is 3.77. The number of nitrogens with one attached hydrogen (secondary N) is 1. The van der Waals surface area contributed by atoms with E-state index in [1.54, 1.807) is 23.6 Å². The Balaban J connectivity index is 2.11. The first-order valence-corrected chi connectivity index (χ1v) is 6.95. The molecule has 0 radical (unpaired) electrons. The summed E-state index contributed by atoms with van der Waals surface area (Å²) in [6.07, 6.45) is 3.07. The number of nitrogens with zero attached hydrogens (tertiary/aromatic N) is 1. The van der Waals surface area contributed by atoms with Gasteiger partial charge in [-0.15, -0.1) is 11.3 Å². The highest BCUT2D eigenvalue weighted by atomic mass is 32.1. The molecule has 4 nitrogen and oxygen atoms in total. The summed E-state index contributed by atoms with van der Waals surface area (Å²) in [6.45, 7) is 2.27. The Morgan fingerprint density at radius 3 is 3.05 bits per heavy atom. The Bertz CT molecular complexity index is 668. The van der Waals surface area contributed by atoms with Crippen LogP contribution in [0.1, 0.15) is 26.4 Å². The minimum atomic E-state index is -0.246. The molecule has 0 fully saturated rings. The Hall–Kier alpha value is -2.16. The maximum atomic E-state index is 12.2. The molecule has 0 bridgehead atoms. The lowest BCUT2D eigenvalue weighted by Crippen LogP contribution is -2.23. The second-order valence-electron chi connectivity index (χ2n) is 4.09. The number of carbonyl (C=O) groups excluding carboxylic acids is 1. The molecule has 0 aliphatic rings. The van der Waals surface area contributed by atoms with E-state index in [-0.39, 0.29) is 12.5 Å². The van der Waals surface area contributed by atoms with Gasteiger partial charge in [-0.05, 0) is 30.0 Å². The molecule has 2 aromatic heterocycles. The average molecular weight is 286 g/mol. The van der Waals surface area contributed by atoms with E-state index in [4.69, 9.17) is 5.11 Å². The number of hydrogen-bond acceptors (Lipinski definition) is 4. The molecule has 2 rings (SSSR count). The van der Waals surface area contributed by atoms with Gasteiger partial charge in [-0.1, -0.05) is 11.8 Å². The van der Waals surface area contributed by atoms with Crippen molar-refractivity contribution in [3.63, 3.8) is 0 Å². The number of rotatable bonds is 3. The highest BCUT2D eigenvalue weighted by molar-refractivity contribution is 7.10. The van der Waals surface area contributed by atoms with Gasteiger partial charge in [0.2, 0.25) is 0 Å². The molecule has 102 valence electrons. The number of pyridine rings is 1. The first kappa shape index (κ1) is 14.3. The minimum Gasteiger partial charge on any atom is -0.384 e. The van der Waals surface area contributed by atoms with Crippen molar-refractivity contribution in [1.82, 2.24) is 10.3 Å². The molecule has 2 heterocycles. The van der Waals surface area contributed by atoms with Crippen LogP contribution in [0.2, 0.25) is 0 Å². The molecule has 0 saturated heterocycles. The number of amides is 1. The molecular formula is C15H14N2O2S. The Labute approximate surface area is 121 Å². The molecule has 2 aromatic rings. The fourth-order valence-corrected chi connectivity index (χ4v) is 2.51. The monoisotopic (exact) mass is 286 g/mol. The maximum absolute atomic E-state index is 12.2. The molecule has 20 heavy (non-hydrogen) atoms. The summed E-state index contributed by atoms with van der Waals surface area (Å²) in [6, 6.07) is 3.65. The molecule has 5 heteroatoms. The van der Waals surface area contributed by atoms with Crippen molar-refractivity contribution in [3.8, 4) is 11.8 Å². The molecule has 0 aliphatic heterocycles. The Kier molecular flexibility index (Phi) is 4.88. The van der Waals surface area contributed by atoms with Crippen LogP contribution in [-0.2, 0) is 6.54 Å². The molecule has 0 unspecified atom stereocenters. The number of aromatic nitrogens is 1. The standard InChI is InChI=1S/C15H14N2O2S/c1-11-5-8-20-14(11)10-17-15(19)13-4-6-16-9-12(13)3-2-7-18/h4-6,8-9,18H,7,10H2,1H3,(H,17,19). The number of thiophene rings is 1. The van der Waals surface area contributed by atoms with Crippen LogP contribution in [0.3, 0.4) is 0 Å². The predicted octanol–water partition coefficient (Wildman–Crippen LogP) is 1.73. The van der Waals surface area contributed by atoms with Crippen molar-refractivity contribution >= 4 is 17.2 Å². The third kappa shape index (κ3) is 3.44. The van der Waals surface area contributed by atoms with E-state index >= 15 is 0 Å². The predicted molar refractivity (Wildman–Crippen MR) is 78.4 cm³/mol. The number of hydrogen-bond donors (Lipinski definition) is 2. The maximum Gasteiger partial charge on any atom is 0.252 e. The van der Waals surface area contributed by atoms with Crippen molar-refractivity contribution in [3.05, 3.63) is 51.5 Å². The summed E-state index contributed by atoms with van der Waals surface area (Å²) in [4.78, 5) is 17.2. The number of aliphatic hydroxyl groups is 1. The van der Waals surface area contributed by atoms with Crippen molar-refractivity contribution in [2.75, 3.05) is 6.61 Å². The van der Waals surface area contributed by atoms with Crippen LogP contribution in [-0.4, -0.2) is 22.6 Å². The topological polar surface area (TPSA) is 62.2 Å². The fourth-order valence-electron chi connectivity index (χ4n) is 1.67.